The highest BCUT2D eigenvalue weighted by atomic mass is 19.1. The minimum Gasteiger partial charge on any atom is -0.465 e. The second kappa shape index (κ2) is 4.82. The lowest BCUT2D eigenvalue weighted by Gasteiger charge is -2.02. The molecule has 0 amide bonds. The highest BCUT2D eigenvalue weighted by molar-refractivity contribution is 5.90. The zero-order valence-corrected chi connectivity index (χ0v) is 9.37. The largest absolute Gasteiger partial charge is 0.465 e. The summed E-state index contributed by atoms with van der Waals surface area (Å²) in [5.41, 5.74) is 2.29. The summed E-state index contributed by atoms with van der Waals surface area (Å²) < 4.78 is 17.4. The highest BCUT2D eigenvalue weighted by Crippen LogP contribution is 2.15. The number of aromatic amines is 1. The summed E-state index contributed by atoms with van der Waals surface area (Å²) in [7, 11) is 1.34. The quantitative estimate of drug-likeness (QED) is 0.828. The number of hydrogen-bond donors (Lipinski definition) is 1. The summed E-state index contributed by atoms with van der Waals surface area (Å²) in [6, 6.07) is 6.20. The molecule has 0 bridgehead atoms. The molecule has 0 fully saturated rings. The van der Waals surface area contributed by atoms with Gasteiger partial charge in [0.15, 0.2) is 0 Å². The first-order chi connectivity index (χ1) is 8.20. The van der Waals surface area contributed by atoms with E-state index in [9.17, 15) is 9.18 Å². The Bertz CT molecular complexity index is 516. The number of esters is 1. The maximum Gasteiger partial charge on any atom is 0.339 e. The van der Waals surface area contributed by atoms with Gasteiger partial charge in [0.2, 0.25) is 0 Å². The third kappa shape index (κ3) is 2.53. The summed E-state index contributed by atoms with van der Waals surface area (Å²) in [5, 5.41) is 0. The van der Waals surface area contributed by atoms with E-state index in [1.54, 1.807) is 24.5 Å². The zero-order chi connectivity index (χ0) is 12.3. The van der Waals surface area contributed by atoms with Gasteiger partial charge < -0.3 is 9.72 Å². The molecule has 0 spiro atoms. The van der Waals surface area contributed by atoms with Crippen molar-refractivity contribution in [2.45, 2.75) is 6.42 Å². The van der Waals surface area contributed by atoms with Crippen LogP contribution in [0.4, 0.5) is 4.39 Å². The van der Waals surface area contributed by atoms with Crippen LogP contribution in [0.25, 0.3) is 0 Å². The number of carbonyl (C=O) groups is 1. The van der Waals surface area contributed by atoms with Gasteiger partial charge in [-0.15, -0.1) is 0 Å². The van der Waals surface area contributed by atoms with Gasteiger partial charge in [-0.05, 0) is 29.7 Å². The van der Waals surface area contributed by atoms with Crippen molar-refractivity contribution in [3.05, 3.63) is 59.2 Å². The van der Waals surface area contributed by atoms with Crippen LogP contribution in [-0.2, 0) is 11.2 Å². The number of carbonyl (C=O) groups excluding carboxylic acids is 1. The molecular weight excluding hydrogens is 221 g/mol. The van der Waals surface area contributed by atoms with Crippen molar-refractivity contribution < 1.29 is 13.9 Å². The fourth-order valence-corrected chi connectivity index (χ4v) is 1.66. The van der Waals surface area contributed by atoms with E-state index in [4.69, 9.17) is 0 Å². The van der Waals surface area contributed by atoms with Crippen LogP contribution in [0.5, 0.6) is 0 Å². The van der Waals surface area contributed by atoms with Crippen LogP contribution in [0, 0.1) is 5.82 Å². The van der Waals surface area contributed by atoms with Crippen molar-refractivity contribution in [1.29, 1.82) is 0 Å². The lowest BCUT2D eigenvalue weighted by Crippen LogP contribution is -2.03. The fraction of sp³-hybridized carbons (Fsp3) is 0.154. The number of H-pyrrole nitrogens is 1. The van der Waals surface area contributed by atoms with E-state index in [1.165, 1.54) is 19.2 Å². The van der Waals surface area contributed by atoms with E-state index in [0.717, 1.165) is 11.1 Å². The Morgan fingerprint density at radius 2 is 2.00 bits per heavy atom. The van der Waals surface area contributed by atoms with Gasteiger partial charge in [-0.1, -0.05) is 12.1 Å². The van der Waals surface area contributed by atoms with E-state index in [1.807, 2.05) is 0 Å². The van der Waals surface area contributed by atoms with Crippen molar-refractivity contribution in [3.63, 3.8) is 0 Å². The first-order valence-electron chi connectivity index (χ1n) is 5.19. The van der Waals surface area contributed by atoms with Gasteiger partial charge in [0.05, 0.1) is 12.7 Å². The zero-order valence-electron chi connectivity index (χ0n) is 9.37. The maximum atomic E-state index is 12.7. The number of ether oxygens (including phenoxy) is 1. The fourth-order valence-electron chi connectivity index (χ4n) is 1.66. The van der Waals surface area contributed by atoms with E-state index in [0.29, 0.717) is 12.0 Å². The molecule has 17 heavy (non-hydrogen) atoms. The molecule has 0 atom stereocenters. The Labute approximate surface area is 98.2 Å². The molecule has 3 nitrogen and oxygen atoms in total. The van der Waals surface area contributed by atoms with E-state index < -0.39 is 0 Å². The van der Waals surface area contributed by atoms with Crippen molar-refractivity contribution >= 4 is 5.97 Å². The molecule has 0 saturated heterocycles. The van der Waals surface area contributed by atoms with Gasteiger partial charge >= 0.3 is 5.97 Å². The summed E-state index contributed by atoms with van der Waals surface area (Å²) in [6.45, 7) is 0. The molecule has 0 aliphatic heterocycles. The van der Waals surface area contributed by atoms with Crippen molar-refractivity contribution in [2.75, 3.05) is 7.11 Å². The van der Waals surface area contributed by atoms with E-state index >= 15 is 0 Å². The molecular formula is C13H12FNO2. The molecule has 1 aromatic heterocycles. The SMILES string of the molecule is COC(=O)c1c[nH]cc1Cc1ccc(F)cc1. The van der Waals surface area contributed by atoms with E-state index in [-0.39, 0.29) is 11.8 Å². The summed E-state index contributed by atoms with van der Waals surface area (Å²) in [5.74, 6) is -0.639. The molecule has 4 heteroatoms. The standard InChI is InChI=1S/C13H12FNO2/c1-17-13(16)12-8-15-7-10(12)6-9-2-4-11(14)5-3-9/h2-5,7-8,15H,6H2,1H3. The van der Waals surface area contributed by atoms with Crippen LogP contribution in [-0.4, -0.2) is 18.1 Å². The van der Waals surface area contributed by atoms with Crippen molar-refractivity contribution in [2.24, 2.45) is 0 Å². The van der Waals surface area contributed by atoms with Gasteiger partial charge in [0, 0.05) is 12.4 Å². The molecule has 0 radical (unpaired) electrons. The Morgan fingerprint density at radius 3 is 2.65 bits per heavy atom. The Hall–Kier alpha value is -2.10. The molecule has 0 aliphatic carbocycles. The molecule has 1 heterocycles. The Balaban J connectivity index is 2.21. The van der Waals surface area contributed by atoms with Crippen LogP contribution < -0.4 is 0 Å². The number of hydrogen-bond acceptors (Lipinski definition) is 2. The van der Waals surface area contributed by atoms with Gasteiger partial charge in [0.1, 0.15) is 5.82 Å². The average Bonchev–Trinajstić information content (AvgIpc) is 2.79. The third-order valence-corrected chi connectivity index (χ3v) is 2.54. The third-order valence-electron chi connectivity index (χ3n) is 2.54. The highest BCUT2D eigenvalue weighted by Gasteiger charge is 2.12. The summed E-state index contributed by atoms with van der Waals surface area (Å²) >= 11 is 0. The monoisotopic (exact) mass is 233 g/mol. The number of methoxy groups -OCH3 is 1. The Morgan fingerprint density at radius 1 is 1.29 bits per heavy atom. The summed E-state index contributed by atoms with van der Waals surface area (Å²) in [4.78, 5) is 14.3. The van der Waals surface area contributed by atoms with Crippen LogP contribution in [0.3, 0.4) is 0 Å². The number of rotatable bonds is 3. The van der Waals surface area contributed by atoms with Crippen molar-refractivity contribution in [1.82, 2.24) is 4.98 Å². The van der Waals surface area contributed by atoms with Crippen LogP contribution in [0.15, 0.2) is 36.7 Å². The predicted octanol–water partition coefficient (Wildman–Crippen LogP) is 2.53. The number of halogens is 1. The molecule has 2 rings (SSSR count). The van der Waals surface area contributed by atoms with E-state index in [2.05, 4.69) is 9.72 Å². The molecule has 1 N–H and O–H groups in total. The Kier molecular flexibility index (Phi) is 3.23. The topological polar surface area (TPSA) is 42.1 Å². The van der Waals surface area contributed by atoms with Gasteiger partial charge in [0.25, 0.3) is 0 Å². The number of nitrogens with one attached hydrogen (secondary N) is 1. The molecule has 1 aromatic carbocycles. The second-order valence-corrected chi connectivity index (χ2v) is 3.69. The first-order valence-corrected chi connectivity index (χ1v) is 5.19. The lowest BCUT2D eigenvalue weighted by molar-refractivity contribution is 0.0600. The summed E-state index contributed by atoms with van der Waals surface area (Å²) in [6.07, 6.45) is 3.91. The molecule has 0 saturated carbocycles. The second-order valence-electron chi connectivity index (χ2n) is 3.69. The number of aromatic nitrogens is 1. The molecule has 88 valence electrons. The smallest absolute Gasteiger partial charge is 0.339 e. The van der Waals surface area contributed by atoms with Gasteiger partial charge in [-0.2, -0.15) is 0 Å². The minimum absolute atomic E-state index is 0.268. The molecule has 0 unspecified atom stereocenters. The van der Waals surface area contributed by atoms with Crippen LogP contribution >= 0.6 is 0 Å². The maximum absolute atomic E-state index is 12.7. The average molecular weight is 233 g/mol. The molecule has 0 aliphatic rings. The minimum atomic E-state index is -0.372. The van der Waals surface area contributed by atoms with Crippen LogP contribution in [0.2, 0.25) is 0 Å². The number of benzene rings is 1. The lowest BCUT2D eigenvalue weighted by atomic mass is 10.0. The normalized spacial score (nSPS) is 10.2. The van der Waals surface area contributed by atoms with Crippen molar-refractivity contribution in [3.8, 4) is 0 Å². The van der Waals surface area contributed by atoms with Gasteiger partial charge in [-0.3, -0.25) is 0 Å². The van der Waals surface area contributed by atoms with Gasteiger partial charge in [-0.25, -0.2) is 9.18 Å². The van der Waals surface area contributed by atoms with Crippen LogP contribution in [0.1, 0.15) is 21.5 Å². The predicted molar refractivity (Wildman–Crippen MR) is 61.3 cm³/mol. The molecule has 2 aromatic rings. The first kappa shape index (κ1) is 11.4.